The SMILES string of the molecule is COc1cc(O)c(F)c(C(OC)OC)c1. The molecule has 0 saturated heterocycles. The minimum absolute atomic E-state index is 0.0943. The van der Waals surface area contributed by atoms with E-state index in [1.54, 1.807) is 0 Å². The van der Waals surface area contributed by atoms with Gasteiger partial charge >= 0.3 is 0 Å². The normalized spacial score (nSPS) is 10.7. The Morgan fingerprint density at radius 1 is 1.20 bits per heavy atom. The van der Waals surface area contributed by atoms with Gasteiger partial charge in [-0.25, -0.2) is 4.39 Å². The Morgan fingerprint density at radius 3 is 2.27 bits per heavy atom. The number of ether oxygens (including phenoxy) is 3. The van der Waals surface area contributed by atoms with Crippen molar-refractivity contribution in [1.29, 1.82) is 0 Å². The lowest BCUT2D eigenvalue weighted by Gasteiger charge is -2.15. The van der Waals surface area contributed by atoms with Gasteiger partial charge in [-0.05, 0) is 6.07 Å². The van der Waals surface area contributed by atoms with E-state index in [0.29, 0.717) is 5.75 Å². The average molecular weight is 216 g/mol. The molecule has 0 aliphatic heterocycles. The highest BCUT2D eigenvalue weighted by Gasteiger charge is 2.19. The molecular weight excluding hydrogens is 203 g/mol. The molecule has 0 aliphatic rings. The van der Waals surface area contributed by atoms with Crippen LogP contribution in [-0.4, -0.2) is 26.4 Å². The van der Waals surface area contributed by atoms with Crippen LogP contribution in [0.25, 0.3) is 0 Å². The Kier molecular flexibility index (Phi) is 3.88. The molecule has 1 N–H and O–H groups in total. The van der Waals surface area contributed by atoms with Crippen LogP contribution in [-0.2, 0) is 9.47 Å². The first-order valence-corrected chi connectivity index (χ1v) is 4.26. The molecule has 0 heterocycles. The zero-order valence-corrected chi connectivity index (χ0v) is 8.78. The van der Waals surface area contributed by atoms with Gasteiger partial charge in [0.05, 0.1) is 12.7 Å². The van der Waals surface area contributed by atoms with Crippen LogP contribution in [0.2, 0.25) is 0 Å². The third-order valence-corrected chi connectivity index (χ3v) is 1.97. The topological polar surface area (TPSA) is 47.9 Å². The van der Waals surface area contributed by atoms with Gasteiger partial charge < -0.3 is 19.3 Å². The molecule has 0 aliphatic carbocycles. The molecule has 0 aromatic heterocycles. The molecule has 1 aromatic carbocycles. The zero-order chi connectivity index (χ0) is 11.4. The predicted octanol–water partition coefficient (Wildman–Crippen LogP) is 1.83. The standard InChI is InChI=1S/C10H13FO4/c1-13-6-4-7(10(14-2)15-3)9(11)8(12)5-6/h4-5,10,12H,1-3H3. The van der Waals surface area contributed by atoms with E-state index in [2.05, 4.69) is 0 Å². The van der Waals surface area contributed by atoms with E-state index in [4.69, 9.17) is 14.2 Å². The second kappa shape index (κ2) is 4.95. The summed E-state index contributed by atoms with van der Waals surface area (Å²) in [5.74, 6) is -0.934. The Morgan fingerprint density at radius 2 is 1.80 bits per heavy atom. The Balaban J connectivity index is 3.20. The van der Waals surface area contributed by atoms with E-state index in [9.17, 15) is 9.50 Å². The van der Waals surface area contributed by atoms with Crippen LogP contribution in [0.15, 0.2) is 12.1 Å². The molecule has 0 spiro atoms. The van der Waals surface area contributed by atoms with Gasteiger partial charge in [0, 0.05) is 20.3 Å². The number of phenols is 1. The van der Waals surface area contributed by atoms with Gasteiger partial charge in [-0.1, -0.05) is 0 Å². The van der Waals surface area contributed by atoms with Crippen LogP contribution < -0.4 is 4.74 Å². The second-order valence-corrected chi connectivity index (χ2v) is 2.85. The fourth-order valence-electron chi connectivity index (χ4n) is 1.24. The largest absolute Gasteiger partial charge is 0.505 e. The highest BCUT2D eigenvalue weighted by atomic mass is 19.1. The van der Waals surface area contributed by atoms with Crippen molar-refractivity contribution >= 4 is 0 Å². The summed E-state index contributed by atoms with van der Waals surface area (Å²) in [5.41, 5.74) is 0.0943. The Labute approximate surface area is 87.2 Å². The number of benzene rings is 1. The van der Waals surface area contributed by atoms with Crippen molar-refractivity contribution in [3.8, 4) is 11.5 Å². The van der Waals surface area contributed by atoms with Gasteiger partial charge in [-0.3, -0.25) is 0 Å². The maximum Gasteiger partial charge on any atom is 0.186 e. The summed E-state index contributed by atoms with van der Waals surface area (Å²) in [6.45, 7) is 0. The van der Waals surface area contributed by atoms with Crippen LogP contribution in [0.4, 0.5) is 4.39 Å². The number of phenolic OH excluding ortho intramolecular Hbond substituents is 1. The molecule has 84 valence electrons. The second-order valence-electron chi connectivity index (χ2n) is 2.85. The quantitative estimate of drug-likeness (QED) is 0.780. The van der Waals surface area contributed by atoms with Crippen LogP contribution in [0.5, 0.6) is 11.5 Å². The first-order valence-electron chi connectivity index (χ1n) is 4.26. The van der Waals surface area contributed by atoms with Crippen LogP contribution in [0.3, 0.4) is 0 Å². The fourth-order valence-corrected chi connectivity index (χ4v) is 1.24. The van der Waals surface area contributed by atoms with Crippen molar-refractivity contribution in [2.75, 3.05) is 21.3 Å². The lowest BCUT2D eigenvalue weighted by atomic mass is 10.1. The van der Waals surface area contributed by atoms with Gasteiger partial charge in [-0.2, -0.15) is 0 Å². The molecule has 0 atom stereocenters. The fraction of sp³-hybridized carbons (Fsp3) is 0.400. The molecule has 0 unspecified atom stereocenters. The van der Waals surface area contributed by atoms with E-state index >= 15 is 0 Å². The molecule has 0 fully saturated rings. The molecule has 5 heteroatoms. The maximum absolute atomic E-state index is 13.5. The van der Waals surface area contributed by atoms with E-state index < -0.39 is 17.9 Å². The van der Waals surface area contributed by atoms with E-state index in [-0.39, 0.29) is 5.56 Å². The number of aromatic hydroxyl groups is 1. The summed E-state index contributed by atoms with van der Waals surface area (Å²) < 4.78 is 28.2. The third-order valence-electron chi connectivity index (χ3n) is 1.97. The van der Waals surface area contributed by atoms with Crippen molar-refractivity contribution in [3.05, 3.63) is 23.5 Å². The van der Waals surface area contributed by atoms with Crippen LogP contribution in [0.1, 0.15) is 11.9 Å². The lowest BCUT2D eigenvalue weighted by Crippen LogP contribution is -2.06. The Bertz CT molecular complexity index is 336. The molecule has 0 bridgehead atoms. The van der Waals surface area contributed by atoms with Crippen molar-refractivity contribution in [2.45, 2.75) is 6.29 Å². The first kappa shape index (κ1) is 11.7. The summed E-state index contributed by atoms with van der Waals surface area (Å²) in [7, 11) is 4.18. The molecule has 0 amide bonds. The first-order chi connectivity index (χ1) is 7.13. The highest BCUT2D eigenvalue weighted by molar-refractivity contribution is 5.39. The summed E-state index contributed by atoms with van der Waals surface area (Å²) in [6, 6.07) is 2.59. The van der Waals surface area contributed by atoms with Gasteiger partial charge in [0.1, 0.15) is 5.75 Å². The molecule has 1 rings (SSSR count). The summed E-state index contributed by atoms with van der Waals surface area (Å²) in [5, 5.41) is 9.29. The minimum atomic E-state index is -0.869. The number of hydrogen-bond acceptors (Lipinski definition) is 4. The van der Waals surface area contributed by atoms with Gasteiger partial charge in [0.25, 0.3) is 0 Å². The van der Waals surface area contributed by atoms with Crippen molar-refractivity contribution in [3.63, 3.8) is 0 Å². The summed E-state index contributed by atoms with van der Waals surface area (Å²) >= 11 is 0. The summed E-state index contributed by atoms with van der Waals surface area (Å²) in [4.78, 5) is 0. The summed E-state index contributed by atoms with van der Waals surface area (Å²) in [6.07, 6.45) is -0.869. The maximum atomic E-state index is 13.5. The van der Waals surface area contributed by atoms with Gasteiger partial charge in [0.15, 0.2) is 17.9 Å². The van der Waals surface area contributed by atoms with Crippen molar-refractivity contribution < 1.29 is 23.7 Å². The zero-order valence-electron chi connectivity index (χ0n) is 8.78. The molecule has 4 nitrogen and oxygen atoms in total. The molecule has 0 saturated carbocycles. The molecular formula is C10H13FO4. The number of halogens is 1. The lowest BCUT2D eigenvalue weighted by molar-refractivity contribution is -0.108. The third kappa shape index (κ3) is 2.37. The number of methoxy groups -OCH3 is 3. The average Bonchev–Trinajstić information content (AvgIpc) is 2.25. The van der Waals surface area contributed by atoms with Crippen molar-refractivity contribution in [1.82, 2.24) is 0 Å². The monoisotopic (exact) mass is 216 g/mol. The van der Waals surface area contributed by atoms with Crippen LogP contribution in [0, 0.1) is 5.82 Å². The van der Waals surface area contributed by atoms with Crippen LogP contribution >= 0.6 is 0 Å². The van der Waals surface area contributed by atoms with Gasteiger partial charge in [-0.15, -0.1) is 0 Å². The van der Waals surface area contributed by atoms with Gasteiger partial charge in [0.2, 0.25) is 0 Å². The Hall–Kier alpha value is -1.33. The van der Waals surface area contributed by atoms with E-state index in [1.807, 2.05) is 0 Å². The molecule has 15 heavy (non-hydrogen) atoms. The van der Waals surface area contributed by atoms with Crippen molar-refractivity contribution in [2.24, 2.45) is 0 Å². The predicted molar refractivity (Wildman–Crippen MR) is 51.4 cm³/mol. The molecule has 1 aromatic rings. The smallest absolute Gasteiger partial charge is 0.186 e. The number of rotatable bonds is 4. The number of hydrogen-bond donors (Lipinski definition) is 1. The molecule has 0 radical (unpaired) electrons. The minimum Gasteiger partial charge on any atom is -0.505 e. The van der Waals surface area contributed by atoms with E-state index in [1.165, 1.54) is 33.5 Å². The van der Waals surface area contributed by atoms with E-state index in [0.717, 1.165) is 0 Å². The highest BCUT2D eigenvalue weighted by Crippen LogP contribution is 2.31.